The average molecular weight is 158 g/mol. The molecule has 0 heterocycles. The highest BCUT2D eigenvalue weighted by molar-refractivity contribution is 4.55. The van der Waals surface area contributed by atoms with Gasteiger partial charge in [-0.25, -0.2) is 0 Å². The van der Waals surface area contributed by atoms with Gasteiger partial charge in [-0.2, -0.15) is 0 Å². The van der Waals surface area contributed by atoms with Crippen LogP contribution in [0, 0.1) is 0 Å². The monoisotopic (exact) mass is 158 g/mol. The SMILES string of the molecule is CCCCCNCC[C@@H](C)N. The molecular weight excluding hydrogens is 136 g/mol. The van der Waals surface area contributed by atoms with Crippen LogP contribution in [0.1, 0.15) is 39.5 Å². The van der Waals surface area contributed by atoms with Crippen molar-refractivity contribution >= 4 is 0 Å². The molecule has 1 atom stereocenters. The maximum absolute atomic E-state index is 5.59. The van der Waals surface area contributed by atoms with Crippen LogP contribution in [-0.4, -0.2) is 19.1 Å². The molecule has 0 fully saturated rings. The van der Waals surface area contributed by atoms with E-state index in [2.05, 4.69) is 12.2 Å². The predicted octanol–water partition coefficient (Wildman–Crippen LogP) is 1.50. The van der Waals surface area contributed by atoms with Gasteiger partial charge in [0.15, 0.2) is 0 Å². The van der Waals surface area contributed by atoms with E-state index in [1.807, 2.05) is 6.92 Å². The Bertz CT molecular complexity index is 72.0. The molecule has 2 nitrogen and oxygen atoms in total. The summed E-state index contributed by atoms with van der Waals surface area (Å²) in [6.07, 6.45) is 5.03. The van der Waals surface area contributed by atoms with Crippen molar-refractivity contribution in [1.82, 2.24) is 5.32 Å². The maximum Gasteiger partial charge on any atom is 0.00225 e. The number of rotatable bonds is 7. The highest BCUT2D eigenvalue weighted by atomic mass is 14.8. The van der Waals surface area contributed by atoms with Crippen LogP contribution in [0.4, 0.5) is 0 Å². The number of hydrogen-bond donors (Lipinski definition) is 2. The molecule has 0 unspecified atom stereocenters. The van der Waals surface area contributed by atoms with Gasteiger partial charge in [-0.3, -0.25) is 0 Å². The molecule has 2 heteroatoms. The first-order valence-electron chi connectivity index (χ1n) is 4.73. The third kappa shape index (κ3) is 9.92. The lowest BCUT2D eigenvalue weighted by atomic mass is 10.2. The van der Waals surface area contributed by atoms with Crippen LogP contribution in [-0.2, 0) is 0 Å². The fourth-order valence-electron chi connectivity index (χ4n) is 0.955. The summed E-state index contributed by atoms with van der Waals surface area (Å²) in [7, 11) is 0. The topological polar surface area (TPSA) is 38.0 Å². The van der Waals surface area contributed by atoms with Gasteiger partial charge in [0.1, 0.15) is 0 Å². The second-order valence-corrected chi connectivity index (χ2v) is 3.22. The van der Waals surface area contributed by atoms with Gasteiger partial charge in [0.05, 0.1) is 0 Å². The normalized spacial score (nSPS) is 13.4. The molecule has 0 aromatic heterocycles. The van der Waals surface area contributed by atoms with Crippen LogP contribution in [0.3, 0.4) is 0 Å². The van der Waals surface area contributed by atoms with Gasteiger partial charge in [-0.15, -0.1) is 0 Å². The van der Waals surface area contributed by atoms with E-state index in [1.54, 1.807) is 0 Å². The molecule has 0 aliphatic rings. The lowest BCUT2D eigenvalue weighted by Crippen LogP contribution is -2.24. The second-order valence-electron chi connectivity index (χ2n) is 3.22. The maximum atomic E-state index is 5.59. The summed E-state index contributed by atoms with van der Waals surface area (Å²) in [5.41, 5.74) is 5.59. The zero-order valence-electron chi connectivity index (χ0n) is 7.90. The second kappa shape index (κ2) is 8.02. The number of nitrogens with two attached hydrogens (primary N) is 1. The Kier molecular flexibility index (Phi) is 7.96. The van der Waals surface area contributed by atoms with Gasteiger partial charge in [0.2, 0.25) is 0 Å². The van der Waals surface area contributed by atoms with E-state index in [0.29, 0.717) is 6.04 Å². The number of unbranched alkanes of at least 4 members (excludes halogenated alkanes) is 2. The van der Waals surface area contributed by atoms with E-state index in [1.165, 1.54) is 19.3 Å². The van der Waals surface area contributed by atoms with Crippen molar-refractivity contribution in [2.45, 2.75) is 45.6 Å². The van der Waals surface area contributed by atoms with Crippen molar-refractivity contribution in [3.63, 3.8) is 0 Å². The van der Waals surface area contributed by atoms with E-state index < -0.39 is 0 Å². The smallest absolute Gasteiger partial charge is 0.00225 e. The first-order chi connectivity index (χ1) is 5.27. The lowest BCUT2D eigenvalue weighted by Gasteiger charge is -2.05. The fourth-order valence-corrected chi connectivity index (χ4v) is 0.955. The minimum Gasteiger partial charge on any atom is -0.328 e. The molecule has 0 radical (unpaired) electrons. The van der Waals surface area contributed by atoms with Crippen molar-refractivity contribution in [3.05, 3.63) is 0 Å². The number of nitrogens with one attached hydrogen (secondary N) is 1. The van der Waals surface area contributed by atoms with Crippen molar-refractivity contribution in [1.29, 1.82) is 0 Å². The Morgan fingerprint density at radius 2 is 2.00 bits per heavy atom. The lowest BCUT2D eigenvalue weighted by molar-refractivity contribution is 0.565. The van der Waals surface area contributed by atoms with Crippen LogP contribution in [0.2, 0.25) is 0 Å². The summed E-state index contributed by atoms with van der Waals surface area (Å²) in [4.78, 5) is 0. The van der Waals surface area contributed by atoms with Crippen LogP contribution >= 0.6 is 0 Å². The third-order valence-corrected chi connectivity index (χ3v) is 1.73. The summed E-state index contributed by atoms with van der Waals surface area (Å²) in [6.45, 7) is 6.50. The minimum atomic E-state index is 0.341. The van der Waals surface area contributed by atoms with Gasteiger partial charge in [0.25, 0.3) is 0 Å². The first kappa shape index (κ1) is 10.9. The summed E-state index contributed by atoms with van der Waals surface area (Å²) >= 11 is 0. The van der Waals surface area contributed by atoms with Crippen LogP contribution in [0.25, 0.3) is 0 Å². The number of hydrogen-bond acceptors (Lipinski definition) is 2. The van der Waals surface area contributed by atoms with E-state index in [4.69, 9.17) is 5.73 Å². The van der Waals surface area contributed by atoms with E-state index in [9.17, 15) is 0 Å². The van der Waals surface area contributed by atoms with Crippen LogP contribution in [0.15, 0.2) is 0 Å². The fraction of sp³-hybridized carbons (Fsp3) is 1.00. The Labute approximate surface area is 70.5 Å². The Balaban J connectivity index is 2.80. The minimum absolute atomic E-state index is 0.341. The average Bonchev–Trinajstić information content (AvgIpc) is 1.96. The molecule has 68 valence electrons. The molecule has 0 spiro atoms. The largest absolute Gasteiger partial charge is 0.328 e. The molecule has 0 saturated carbocycles. The van der Waals surface area contributed by atoms with Crippen LogP contribution < -0.4 is 11.1 Å². The molecular formula is C9H22N2. The third-order valence-electron chi connectivity index (χ3n) is 1.73. The van der Waals surface area contributed by atoms with Gasteiger partial charge >= 0.3 is 0 Å². The predicted molar refractivity (Wildman–Crippen MR) is 50.7 cm³/mol. The standard InChI is InChI=1S/C9H22N2/c1-3-4-5-7-11-8-6-9(2)10/h9,11H,3-8,10H2,1-2H3/t9-/m1/s1. The quantitative estimate of drug-likeness (QED) is 0.551. The molecule has 0 aliphatic heterocycles. The Morgan fingerprint density at radius 1 is 1.27 bits per heavy atom. The molecule has 0 aliphatic carbocycles. The highest BCUT2D eigenvalue weighted by Crippen LogP contribution is 1.91. The summed E-state index contributed by atoms with van der Waals surface area (Å²) < 4.78 is 0. The van der Waals surface area contributed by atoms with Gasteiger partial charge < -0.3 is 11.1 Å². The van der Waals surface area contributed by atoms with Crippen molar-refractivity contribution in [2.75, 3.05) is 13.1 Å². The van der Waals surface area contributed by atoms with Crippen molar-refractivity contribution in [3.8, 4) is 0 Å². The molecule has 3 N–H and O–H groups in total. The van der Waals surface area contributed by atoms with Crippen molar-refractivity contribution in [2.24, 2.45) is 5.73 Å². The van der Waals surface area contributed by atoms with Gasteiger partial charge in [-0.05, 0) is 32.9 Å². The zero-order valence-corrected chi connectivity index (χ0v) is 7.90. The van der Waals surface area contributed by atoms with E-state index in [-0.39, 0.29) is 0 Å². The summed E-state index contributed by atoms with van der Waals surface area (Å²) in [5, 5.41) is 3.37. The molecule has 11 heavy (non-hydrogen) atoms. The van der Waals surface area contributed by atoms with Crippen LogP contribution in [0.5, 0.6) is 0 Å². The molecule has 0 aromatic carbocycles. The molecule has 0 bridgehead atoms. The molecule has 0 amide bonds. The zero-order chi connectivity index (χ0) is 8.53. The van der Waals surface area contributed by atoms with Gasteiger partial charge in [0, 0.05) is 6.04 Å². The summed E-state index contributed by atoms with van der Waals surface area (Å²) in [6, 6.07) is 0.341. The molecule has 0 rings (SSSR count). The Hall–Kier alpha value is -0.0800. The molecule has 0 saturated heterocycles. The summed E-state index contributed by atoms with van der Waals surface area (Å²) in [5.74, 6) is 0. The van der Waals surface area contributed by atoms with Gasteiger partial charge in [-0.1, -0.05) is 19.8 Å². The first-order valence-corrected chi connectivity index (χ1v) is 4.73. The van der Waals surface area contributed by atoms with E-state index >= 15 is 0 Å². The Morgan fingerprint density at radius 3 is 2.55 bits per heavy atom. The molecule has 0 aromatic rings. The van der Waals surface area contributed by atoms with Crippen molar-refractivity contribution < 1.29 is 0 Å². The van der Waals surface area contributed by atoms with E-state index in [0.717, 1.165) is 19.5 Å². The highest BCUT2D eigenvalue weighted by Gasteiger charge is 1.92.